The second-order valence-electron chi connectivity index (χ2n) is 19.3. The number of nitrogens with zero attached hydrogens (tertiary/aromatic N) is 4. The molecule has 17 heteroatoms. The first-order valence-corrected chi connectivity index (χ1v) is 25.7. The fraction of sp³-hybridized carbons (Fsp3) is 0.608. The molecular formula is C51H69N7O9S. The van der Waals surface area contributed by atoms with E-state index >= 15 is 4.79 Å². The standard InChI is InChI=1S/C51H69N7O9S/c1-6-8-16-43(60)53-44-32(4)67-51(66)45(35-13-10-9-11-14-35)54-46(61)39-27-41(59)36(30-68-42-29-56-24-21-34(42)22-25-56)28-58(39)50(65)40(26-33-19-17-31(3)18-20-33)55(5)49(64)38-15-12-23-57(38)48(63)37(7-2)52-47(44)62/h9-11,13-14,17-20,32,34,36-40,42,44-45H,6-8,12,15-16,21-30H2,1-5H3,(H,52,62)(H,53,60)(H,54,61)/t32-,36+,37?,38+,39+,40+,42?,44+,45+/m1/s1. The van der Waals surface area contributed by atoms with Crippen molar-refractivity contribution in [1.82, 2.24) is 35.6 Å². The normalized spacial score (nSPS) is 30.9. The number of hydrogen-bond donors (Lipinski definition) is 3. The van der Waals surface area contributed by atoms with Crippen LogP contribution in [0.5, 0.6) is 0 Å². The molecule has 6 fully saturated rings. The lowest BCUT2D eigenvalue weighted by Crippen LogP contribution is -2.63. The van der Waals surface area contributed by atoms with Crippen molar-refractivity contribution in [2.45, 2.75) is 140 Å². The Morgan fingerprint density at radius 3 is 2.21 bits per heavy atom. The molecule has 0 radical (unpaired) electrons. The van der Waals surface area contributed by atoms with Gasteiger partial charge >= 0.3 is 5.97 Å². The number of carbonyl (C=O) groups excluding carboxylic acids is 8. The maximum Gasteiger partial charge on any atom is 0.333 e. The second-order valence-corrected chi connectivity index (χ2v) is 20.6. The van der Waals surface area contributed by atoms with Crippen molar-refractivity contribution in [2.24, 2.45) is 11.8 Å². The van der Waals surface area contributed by atoms with Gasteiger partial charge in [-0.2, -0.15) is 11.8 Å². The van der Waals surface area contributed by atoms with E-state index in [2.05, 4.69) is 20.9 Å². The number of aryl methyl sites for hydroxylation is 1. The molecule has 2 bridgehead atoms. The SMILES string of the molecule is CCCCC(=O)N[C@@H]1C(=O)NC(CC)C(=O)N2CCC[C@H]2C(=O)N(C)[C@@H](Cc2ccc(C)cc2)C(=O)N2C[C@@H](CSC3CN4CCC3CC4)C(=O)C[C@H]2C(=O)N[C@@H](c2ccccc2)C(=O)O[C@@H]1C. The third-order valence-corrected chi connectivity index (χ3v) is 16.2. The number of fused-ring (bicyclic) bond motifs is 5. The van der Waals surface area contributed by atoms with Crippen LogP contribution in [0, 0.1) is 18.8 Å². The van der Waals surface area contributed by atoms with E-state index in [1.54, 1.807) is 56.1 Å². The van der Waals surface area contributed by atoms with E-state index in [4.69, 9.17) is 4.74 Å². The van der Waals surface area contributed by atoms with Crippen LogP contribution in [-0.2, 0) is 49.5 Å². The summed E-state index contributed by atoms with van der Waals surface area (Å²) in [7, 11) is 1.54. The van der Waals surface area contributed by atoms with Crippen LogP contribution in [-0.4, -0.2) is 154 Å². The van der Waals surface area contributed by atoms with Crippen LogP contribution < -0.4 is 16.0 Å². The molecule has 68 heavy (non-hydrogen) atoms. The van der Waals surface area contributed by atoms with Crippen LogP contribution in [0.2, 0.25) is 0 Å². The van der Waals surface area contributed by atoms with Crippen LogP contribution in [0.3, 0.4) is 0 Å². The predicted octanol–water partition coefficient (Wildman–Crippen LogP) is 3.34. The van der Waals surface area contributed by atoms with Gasteiger partial charge in [-0.05, 0) is 82.5 Å². The van der Waals surface area contributed by atoms with E-state index in [-0.39, 0.29) is 44.6 Å². The number of piperidine rings is 4. The number of likely N-dealkylation sites (N-methyl/N-ethyl adjacent to an activating group) is 1. The third kappa shape index (κ3) is 11.8. The number of ketones is 1. The molecule has 0 aromatic heterocycles. The smallest absolute Gasteiger partial charge is 0.333 e. The molecule has 3 N–H and O–H groups in total. The molecule has 0 spiro atoms. The summed E-state index contributed by atoms with van der Waals surface area (Å²) in [6.07, 6.45) is 3.00. The summed E-state index contributed by atoms with van der Waals surface area (Å²) in [5.41, 5.74) is 2.10. The van der Waals surface area contributed by atoms with Crippen LogP contribution in [0.1, 0.15) is 101 Å². The fourth-order valence-corrected chi connectivity index (χ4v) is 12.0. The predicted molar refractivity (Wildman–Crippen MR) is 257 cm³/mol. The van der Waals surface area contributed by atoms with E-state index in [0.717, 1.165) is 43.6 Å². The first-order valence-electron chi connectivity index (χ1n) is 24.6. The van der Waals surface area contributed by atoms with Gasteiger partial charge in [-0.1, -0.05) is 80.4 Å². The number of benzene rings is 2. The minimum absolute atomic E-state index is 0.0762. The first-order chi connectivity index (χ1) is 32.7. The Labute approximate surface area is 404 Å². The Morgan fingerprint density at radius 2 is 1.54 bits per heavy atom. The molecule has 0 saturated carbocycles. The van der Waals surface area contributed by atoms with Gasteiger partial charge in [0.2, 0.25) is 35.4 Å². The van der Waals surface area contributed by atoms with E-state index in [1.807, 2.05) is 38.1 Å². The number of Topliss-reactive ketones (excluding diaryl/α,β-unsaturated/α-hetero) is 1. The Hall–Kier alpha value is -5.29. The first kappa shape index (κ1) is 50.6. The number of carbonyl (C=O) groups is 8. The van der Waals surface area contributed by atoms with Gasteiger partial charge in [0, 0.05) is 62.9 Å². The molecule has 2 aromatic rings. The molecule has 368 valence electrons. The van der Waals surface area contributed by atoms with Gasteiger partial charge in [-0.25, -0.2) is 4.79 Å². The Bertz CT molecular complexity index is 2170. The summed E-state index contributed by atoms with van der Waals surface area (Å²) < 4.78 is 5.98. The van der Waals surface area contributed by atoms with Crippen LogP contribution in [0.4, 0.5) is 0 Å². The molecule has 2 unspecified atom stereocenters. The molecule has 6 amide bonds. The zero-order valence-electron chi connectivity index (χ0n) is 40.2. The van der Waals surface area contributed by atoms with Crippen LogP contribution in [0.25, 0.3) is 0 Å². The third-order valence-electron chi connectivity index (χ3n) is 14.6. The van der Waals surface area contributed by atoms with E-state index in [1.165, 1.54) is 21.6 Å². The number of unbranched alkanes of at least 4 members (excludes halogenated alkanes) is 1. The molecule has 8 rings (SSSR count). The monoisotopic (exact) mass is 955 g/mol. The second kappa shape index (κ2) is 22.9. The molecule has 6 aliphatic rings. The number of amides is 6. The fourth-order valence-electron chi connectivity index (χ4n) is 10.4. The lowest BCUT2D eigenvalue weighted by Gasteiger charge is -2.45. The number of hydrogen-bond acceptors (Lipinski definition) is 11. The Morgan fingerprint density at radius 1 is 0.824 bits per heavy atom. The van der Waals surface area contributed by atoms with Crippen molar-refractivity contribution >= 4 is 59.0 Å². The zero-order chi connectivity index (χ0) is 48.6. The summed E-state index contributed by atoms with van der Waals surface area (Å²) >= 11 is 1.75. The molecular weight excluding hydrogens is 887 g/mol. The Kier molecular flexibility index (Phi) is 17.0. The van der Waals surface area contributed by atoms with Crippen LogP contribution in [0.15, 0.2) is 54.6 Å². The summed E-state index contributed by atoms with van der Waals surface area (Å²) in [6, 6.07) is 8.50. The average Bonchev–Trinajstić information content (AvgIpc) is 3.85. The maximum absolute atomic E-state index is 15.6. The number of cyclic esters (lactones) is 1. The van der Waals surface area contributed by atoms with Crippen molar-refractivity contribution in [1.29, 1.82) is 0 Å². The largest absolute Gasteiger partial charge is 0.458 e. The molecule has 6 heterocycles. The molecule has 9 atom stereocenters. The Balaban J connectivity index is 1.29. The minimum Gasteiger partial charge on any atom is -0.458 e. The highest BCUT2D eigenvalue weighted by Gasteiger charge is 2.48. The van der Waals surface area contributed by atoms with E-state index < -0.39 is 89.7 Å². The van der Waals surface area contributed by atoms with E-state index in [0.29, 0.717) is 48.2 Å². The summed E-state index contributed by atoms with van der Waals surface area (Å²) in [5, 5.41) is 8.67. The average molecular weight is 956 g/mol. The van der Waals surface area contributed by atoms with Crippen molar-refractivity contribution in [2.75, 3.05) is 45.5 Å². The number of rotatable bonds is 11. The number of ether oxygens (including phenoxy) is 1. The van der Waals surface area contributed by atoms with Gasteiger partial charge in [0.25, 0.3) is 0 Å². The molecule has 6 aliphatic heterocycles. The van der Waals surface area contributed by atoms with Gasteiger partial charge in [-0.15, -0.1) is 0 Å². The van der Waals surface area contributed by atoms with Crippen molar-refractivity contribution in [3.63, 3.8) is 0 Å². The number of thioether (sulfide) groups is 1. The van der Waals surface area contributed by atoms with Gasteiger partial charge in [-0.3, -0.25) is 33.6 Å². The van der Waals surface area contributed by atoms with Gasteiger partial charge < -0.3 is 40.3 Å². The molecule has 6 saturated heterocycles. The van der Waals surface area contributed by atoms with E-state index in [9.17, 15) is 33.6 Å². The highest BCUT2D eigenvalue weighted by molar-refractivity contribution is 8.00. The number of esters is 1. The van der Waals surface area contributed by atoms with Crippen LogP contribution >= 0.6 is 11.8 Å². The topological polar surface area (TPSA) is 195 Å². The maximum atomic E-state index is 15.6. The van der Waals surface area contributed by atoms with Gasteiger partial charge in [0.15, 0.2) is 6.04 Å². The zero-order valence-corrected chi connectivity index (χ0v) is 41.0. The lowest BCUT2D eigenvalue weighted by atomic mass is 9.88. The summed E-state index contributed by atoms with van der Waals surface area (Å²) in [4.78, 5) is 123. The van der Waals surface area contributed by atoms with Gasteiger partial charge in [0.1, 0.15) is 42.1 Å². The highest BCUT2D eigenvalue weighted by atomic mass is 32.2. The highest BCUT2D eigenvalue weighted by Crippen LogP contribution is 2.37. The van der Waals surface area contributed by atoms with Crippen molar-refractivity contribution < 1.29 is 43.1 Å². The van der Waals surface area contributed by atoms with Crippen molar-refractivity contribution in [3.05, 3.63) is 71.3 Å². The number of nitrogens with one attached hydrogen (secondary N) is 3. The van der Waals surface area contributed by atoms with Crippen molar-refractivity contribution in [3.8, 4) is 0 Å². The summed E-state index contributed by atoms with van der Waals surface area (Å²) in [6.45, 7) is 10.3. The quantitative estimate of drug-likeness (QED) is 0.280. The molecule has 16 nitrogen and oxygen atoms in total. The lowest BCUT2D eigenvalue weighted by molar-refractivity contribution is -0.158. The molecule has 2 aromatic carbocycles. The molecule has 0 aliphatic carbocycles. The minimum atomic E-state index is -1.46. The summed E-state index contributed by atoms with van der Waals surface area (Å²) in [5.74, 6) is -4.20. The van der Waals surface area contributed by atoms with Gasteiger partial charge in [0.05, 0.1) is 0 Å².